The Hall–Kier alpha value is -1.68. The van der Waals surface area contributed by atoms with E-state index in [9.17, 15) is 19.8 Å². The van der Waals surface area contributed by atoms with Crippen LogP contribution < -0.4 is 0 Å². The van der Waals surface area contributed by atoms with Crippen LogP contribution in [0.15, 0.2) is 11.2 Å². The minimum absolute atomic E-state index is 0.129. The number of Topliss-reactive ketones (excluding diaryl/α,β-unsaturated/α-hetero) is 1. The number of fused-ring (bicyclic) bond motifs is 1. The van der Waals surface area contributed by atoms with Crippen molar-refractivity contribution in [3.8, 4) is 0 Å². The SMILES string of the molecule is Cc1nc(/C=C(\F)[C@@H]2C[C@H]3O[C@@]3(C)CCC[C@@H](C)[C@H](O)[C@@H](C)C(=O)C(C)(C)[C@@H](O)CC(=O)O2)cs1. The Labute approximate surface area is 210 Å². The first-order valence-electron chi connectivity index (χ1n) is 12.3. The molecule has 35 heavy (non-hydrogen) atoms. The van der Waals surface area contributed by atoms with Gasteiger partial charge in [-0.3, -0.25) is 9.59 Å². The molecule has 3 rings (SSSR count). The van der Waals surface area contributed by atoms with E-state index in [2.05, 4.69) is 4.98 Å². The highest BCUT2D eigenvalue weighted by atomic mass is 32.1. The second-order valence-corrected chi connectivity index (χ2v) is 12.0. The summed E-state index contributed by atoms with van der Waals surface area (Å²) in [7, 11) is 0. The van der Waals surface area contributed by atoms with Gasteiger partial charge in [0, 0.05) is 17.7 Å². The van der Waals surface area contributed by atoms with Gasteiger partial charge in [-0.05, 0) is 38.7 Å². The topological polar surface area (TPSA) is 109 Å². The molecule has 0 bridgehead atoms. The summed E-state index contributed by atoms with van der Waals surface area (Å²) in [5, 5.41) is 24.1. The van der Waals surface area contributed by atoms with E-state index in [0.29, 0.717) is 18.5 Å². The van der Waals surface area contributed by atoms with E-state index in [1.165, 1.54) is 17.4 Å². The molecule has 0 saturated carbocycles. The zero-order valence-electron chi connectivity index (χ0n) is 21.4. The third-order valence-corrected chi connectivity index (χ3v) is 8.43. The van der Waals surface area contributed by atoms with Gasteiger partial charge in [0.25, 0.3) is 0 Å². The first-order valence-corrected chi connectivity index (χ1v) is 13.2. The highest BCUT2D eigenvalue weighted by molar-refractivity contribution is 7.09. The molecule has 2 saturated heterocycles. The van der Waals surface area contributed by atoms with Gasteiger partial charge in [-0.25, -0.2) is 9.37 Å². The van der Waals surface area contributed by atoms with Gasteiger partial charge in [0.1, 0.15) is 11.6 Å². The Morgan fingerprint density at radius 2 is 1.94 bits per heavy atom. The van der Waals surface area contributed by atoms with Crippen LogP contribution in [0.2, 0.25) is 0 Å². The van der Waals surface area contributed by atoms with Crippen molar-refractivity contribution >= 4 is 29.2 Å². The fourth-order valence-electron chi connectivity index (χ4n) is 4.86. The molecule has 7 atom stereocenters. The Balaban J connectivity index is 1.85. The van der Waals surface area contributed by atoms with Crippen LogP contribution >= 0.6 is 11.3 Å². The molecule has 0 unspecified atom stereocenters. The Kier molecular flexibility index (Phi) is 8.57. The average Bonchev–Trinajstić information content (AvgIpc) is 3.22. The van der Waals surface area contributed by atoms with Crippen molar-refractivity contribution in [1.29, 1.82) is 0 Å². The number of hydrogen-bond acceptors (Lipinski definition) is 8. The Morgan fingerprint density at radius 1 is 1.26 bits per heavy atom. The Morgan fingerprint density at radius 3 is 2.57 bits per heavy atom. The number of epoxide rings is 1. The molecule has 2 N–H and O–H groups in total. The van der Waals surface area contributed by atoms with Crippen LogP contribution in [0.1, 0.15) is 77.4 Å². The van der Waals surface area contributed by atoms with Crippen molar-refractivity contribution in [3.63, 3.8) is 0 Å². The number of thiazole rings is 1. The molecule has 9 heteroatoms. The molecular weight excluding hydrogens is 473 g/mol. The fraction of sp³-hybridized carbons (Fsp3) is 0.731. The first-order chi connectivity index (χ1) is 16.2. The van der Waals surface area contributed by atoms with Crippen LogP contribution in [0.5, 0.6) is 0 Å². The average molecular weight is 512 g/mol. The smallest absolute Gasteiger partial charge is 0.309 e. The number of cyclic esters (lactones) is 1. The molecule has 2 aliphatic rings. The maximum Gasteiger partial charge on any atom is 0.309 e. The van der Waals surface area contributed by atoms with Gasteiger partial charge in [-0.2, -0.15) is 0 Å². The number of aryl methyl sites for hydroxylation is 1. The van der Waals surface area contributed by atoms with Crippen molar-refractivity contribution in [1.82, 2.24) is 4.98 Å². The van der Waals surface area contributed by atoms with E-state index >= 15 is 4.39 Å². The molecule has 3 heterocycles. The molecule has 0 spiro atoms. The van der Waals surface area contributed by atoms with Crippen molar-refractivity contribution in [2.45, 2.75) is 104 Å². The number of esters is 1. The molecule has 1 aromatic heterocycles. The van der Waals surface area contributed by atoms with Gasteiger partial charge in [0.15, 0.2) is 6.10 Å². The summed E-state index contributed by atoms with van der Waals surface area (Å²) in [4.78, 5) is 30.2. The quantitative estimate of drug-likeness (QED) is 0.448. The summed E-state index contributed by atoms with van der Waals surface area (Å²) >= 11 is 1.39. The first kappa shape index (κ1) is 27.9. The number of hydrogen-bond donors (Lipinski definition) is 2. The van der Waals surface area contributed by atoms with E-state index in [4.69, 9.17) is 9.47 Å². The standard InChI is InChI=1S/C26H38FNO6S/c1-14-8-7-9-26(6)21(34-26)11-19(18(27)10-17-13-35-16(3)28-17)33-22(30)12-20(29)25(4,5)24(32)15(2)23(14)31/h10,13-15,19-21,23,29,31H,7-9,11-12H2,1-6H3/b18-10-/t14-,15-,19+,20+,21-,23+,26+/m1/s1. The second kappa shape index (κ2) is 10.7. The number of aliphatic hydroxyl groups is 2. The van der Waals surface area contributed by atoms with E-state index in [-0.39, 0.29) is 24.2 Å². The summed E-state index contributed by atoms with van der Waals surface area (Å²) < 4.78 is 26.7. The van der Waals surface area contributed by atoms with Crippen LogP contribution in [0.3, 0.4) is 0 Å². The normalized spacial score (nSPS) is 37.5. The summed E-state index contributed by atoms with van der Waals surface area (Å²) in [6, 6.07) is 0. The van der Waals surface area contributed by atoms with Crippen LogP contribution in [0, 0.1) is 24.2 Å². The van der Waals surface area contributed by atoms with E-state index < -0.39 is 53.5 Å². The third-order valence-electron chi connectivity index (χ3n) is 7.64. The van der Waals surface area contributed by atoms with Gasteiger partial charge in [0.05, 0.1) is 46.5 Å². The van der Waals surface area contributed by atoms with Crippen LogP contribution in [0.4, 0.5) is 4.39 Å². The van der Waals surface area contributed by atoms with Gasteiger partial charge in [0.2, 0.25) is 0 Å². The molecule has 196 valence electrons. The number of aromatic nitrogens is 1. The molecule has 7 nitrogen and oxygen atoms in total. The van der Waals surface area contributed by atoms with Crippen molar-refractivity contribution in [3.05, 3.63) is 21.9 Å². The molecular formula is C26H38FNO6S. The van der Waals surface area contributed by atoms with Gasteiger partial charge >= 0.3 is 5.97 Å². The summed E-state index contributed by atoms with van der Waals surface area (Å²) in [5.74, 6) is -2.62. The van der Waals surface area contributed by atoms with E-state index in [1.807, 2.05) is 20.8 Å². The highest BCUT2D eigenvalue weighted by Gasteiger charge is 2.53. The van der Waals surface area contributed by atoms with Crippen LogP contribution in [-0.4, -0.2) is 57.0 Å². The number of ketones is 1. The minimum atomic E-state index is -1.35. The third kappa shape index (κ3) is 6.56. The van der Waals surface area contributed by atoms with Crippen LogP contribution in [0.25, 0.3) is 6.08 Å². The van der Waals surface area contributed by atoms with E-state index in [0.717, 1.165) is 11.4 Å². The monoisotopic (exact) mass is 511 g/mol. The fourth-order valence-corrected chi connectivity index (χ4v) is 5.44. The lowest BCUT2D eigenvalue weighted by molar-refractivity contribution is -0.155. The maximum absolute atomic E-state index is 15.3. The van der Waals surface area contributed by atoms with E-state index in [1.54, 1.807) is 26.2 Å². The number of ether oxygens (including phenoxy) is 2. The number of carbonyl (C=O) groups is 2. The summed E-state index contributed by atoms with van der Waals surface area (Å²) in [5.41, 5.74) is -1.32. The number of nitrogens with zero attached hydrogens (tertiary/aromatic N) is 1. The molecule has 2 aliphatic heterocycles. The number of aliphatic hydroxyl groups excluding tert-OH is 2. The summed E-state index contributed by atoms with van der Waals surface area (Å²) in [6.07, 6.45) is -0.593. The van der Waals surface area contributed by atoms with Gasteiger partial charge in [-0.1, -0.05) is 34.1 Å². The largest absolute Gasteiger partial charge is 0.455 e. The van der Waals surface area contributed by atoms with Crippen molar-refractivity contribution in [2.75, 3.05) is 0 Å². The zero-order chi connectivity index (χ0) is 26.1. The van der Waals surface area contributed by atoms with Crippen LogP contribution in [-0.2, 0) is 19.1 Å². The number of halogens is 1. The predicted molar refractivity (Wildman–Crippen MR) is 131 cm³/mol. The molecule has 0 amide bonds. The van der Waals surface area contributed by atoms with Crippen molar-refractivity contribution < 1.29 is 33.7 Å². The Bertz CT molecular complexity index is 961. The van der Waals surface area contributed by atoms with Gasteiger partial charge in [-0.15, -0.1) is 11.3 Å². The molecule has 0 aromatic carbocycles. The zero-order valence-corrected chi connectivity index (χ0v) is 22.2. The number of rotatable bonds is 2. The minimum Gasteiger partial charge on any atom is -0.455 e. The maximum atomic E-state index is 15.3. The molecule has 0 aliphatic carbocycles. The predicted octanol–water partition coefficient (Wildman–Crippen LogP) is 4.38. The van der Waals surface area contributed by atoms with Crippen molar-refractivity contribution in [2.24, 2.45) is 17.3 Å². The molecule has 1 aromatic rings. The highest BCUT2D eigenvalue weighted by Crippen LogP contribution is 2.45. The summed E-state index contributed by atoms with van der Waals surface area (Å²) in [6.45, 7) is 10.4. The second-order valence-electron chi connectivity index (χ2n) is 10.9. The lowest BCUT2D eigenvalue weighted by Crippen LogP contribution is -2.45. The molecule has 0 radical (unpaired) electrons. The molecule has 2 fully saturated rings. The lowest BCUT2D eigenvalue weighted by atomic mass is 9.73. The lowest BCUT2D eigenvalue weighted by Gasteiger charge is -2.34. The van der Waals surface area contributed by atoms with Gasteiger partial charge < -0.3 is 19.7 Å². The number of carbonyl (C=O) groups excluding carboxylic acids is 2.